The number of nitrogens with zero attached hydrogens (tertiary/aromatic N) is 3. The predicted molar refractivity (Wildman–Crippen MR) is 167 cm³/mol. The number of amides is 3. The van der Waals surface area contributed by atoms with Gasteiger partial charge in [-0.1, -0.05) is 49.6 Å². The van der Waals surface area contributed by atoms with Crippen LogP contribution in [-0.4, -0.2) is 63.1 Å². The third-order valence-electron chi connectivity index (χ3n) is 7.67. The van der Waals surface area contributed by atoms with E-state index in [0.29, 0.717) is 17.9 Å². The molecule has 0 aromatic heterocycles. The van der Waals surface area contributed by atoms with E-state index >= 15 is 0 Å². The lowest BCUT2D eigenvalue weighted by atomic mass is 9.81. The van der Waals surface area contributed by atoms with Crippen molar-refractivity contribution in [3.63, 3.8) is 0 Å². The first-order valence-corrected chi connectivity index (χ1v) is 16.9. The second-order valence-corrected chi connectivity index (χ2v) is 14.6. The molecule has 1 saturated carbocycles. The number of non-ortho nitro benzene ring substituents is 1. The zero-order valence-corrected chi connectivity index (χ0v) is 27.5. The number of halogens is 2. The number of nitro groups is 1. The Morgan fingerprint density at radius 2 is 1.40 bits per heavy atom. The van der Waals surface area contributed by atoms with Crippen molar-refractivity contribution >= 4 is 71.2 Å². The van der Waals surface area contributed by atoms with Crippen molar-refractivity contribution in [2.24, 2.45) is 11.8 Å². The Kier molecular flexibility index (Phi) is 9.23. The number of nitro benzene ring substituents is 1. The predicted octanol–water partition coefficient (Wildman–Crippen LogP) is 4.83. The van der Waals surface area contributed by atoms with E-state index in [1.807, 2.05) is 6.92 Å². The number of carbonyl (C=O) groups excluding carboxylic acids is 4. The molecule has 3 aromatic rings. The molecule has 4 atom stereocenters. The zero-order valence-electron chi connectivity index (χ0n) is 23.5. The highest BCUT2D eigenvalue weighted by atomic mass is 79.9. The molecule has 45 heavy (non-hydrogen) atoms. The lowest BCUT2D eigenvalue weighted by Crippen LogP contribution is -2.52. The fourth-order valence-electron chi connectivity index (χ4n) is 5.23. The van der Waals surface area contributed by atoms with Crippen molar-refractivity contribution in [1.82, 2.24) is 10.0 Å². The van der Waals surface area contributed by atoms with Crippen molar-refractivity contribution < 1.29 is 36.7 Å². The van der Waals surface area contributed by atoms with Crippen molar-refractivity contribution in [1.29, 1.82) is 0 Å². The maximum Gasteiger partial charge on any atom is 0.339 e. The quantitative estimate of drug-likeness (QED) is 0.0743. The van der Waals surface area contributed by atoms with Crippen molar-refractivity contribution in [3.8, 4) is 5.75 Å². The molecule has 0 spiro atoms. The second-order valence-electron chi connectivity index (χ2n) is 10.7. The lowest BCUT2D eigenvalue weighted by Gasteiger charge is -2.30. The normalized spacial score (nSPS) is 21.3. The van der Waals surface area contributed by atoms with Crippen LogP contribution in [0.5, 0.6) is 5.75 Å². The Balaban J connectivity index is 1.41. The highest BCUT2D eigenvalue weighted by Crippen LogP contribution is 2.43. The topological polar surface area (TPSA) is 161 Å². The number of ketones is 1. The van der Waals surface area contributed by atoms with Gasteiger partial charge in [0.2, 0.25) is 0 Å². The summed E-state index contributed by atoms with van der Waals surface area (Å²) in [6, 6.07) is 15.8. The van der Waals surface area contributed by atoms with E-state index < -0.39 is 56.9 Å². The van der Waals surface area contributed by atoms with Gasteiger partial charge in [0.15, 0.2) is 5.78 Å². The van der Waals surface area contributed by atoms with Gasteiger partial charge in [-0.25, -0.2) is 5.01 Å². The van der Waals surface area contributed by atoms with Gasteiger partial charge in [0.25, 0.3) is 23.4 Å². The Morgan fingerprint density at radius 1 is 0.889 bits per heavy atom. The average molecular weight is 763 g/mol. The number of hydrazine groups is 1. The maximum atomic E-state index is 13.7. The monoisotopic (exact) mass is 761 g/mol. The summed E-state index contributed by atoms with van der Waals surface area (Å²) in [4.78, 5) is 64.5. The molecule has 0 radical (unpaired) electrons. The molecule has 0 N–H and O–H groups in total. The van der Waals surface area contributed by atoms with E-state index in [1.54, 1.807) is 12.1 Å². The molecule has 15 heteroatoms. The number of benzene rings is 3. The molecule has 1 saturated heterocycles. The van der Waals surface area contributed by atoms with E-state index in [2.05, 4.69) is 31.9 Å². The van der Waals surface area contributed by atoms with Gasteiger partial charge in [-0.15, -0.1) is 0 Å². The molecule has 234 valence electrons. The largest absolute Gasteiger partial charge is 0.379 e. The van der Waals surface area contributed by atoms with Crippen LogP contribution in [0.15, 0.2) is 77.7 Å². The Morgan fingerprint density at radius 3 is 1.91 bits per heavy atom. The Bertz CT molecular complexity index is 1750. The molecule has 1 heterocycles. The van der Waals surface area contributed by atoms with Crippen molar-refractivity contribution in [2.75, 3.05) is 6.54 Å². The van der Waals surface area contributed by atoms with Gasteiger partial charge in [-0.3, -0.25) is 29.3 Å². The van der Waals surface area contributed by atoms with E-state index in [0.717, 1.165) is 22.7 Å². The highest BCUT2D eigenvalue weighted by molar-refractivity contribution is 9.12. The van der Waals surface area contributed by atoms with Crippen LogP contribution in [0, 0.1) is 28.9 Å². The highest BCUT2D eigenvalue weighted by Gasteiger charge is 2.54. The molecule has 2 fully saturated rings. The summed E-state index contributed by atoms with van der Waals surface area (Å²) in [7, 11) is -4.14. The summed E-state index contributed by atoms with van der Waals surface area (Å²) >= 11 is 7.05. The molecule has 12 nitrogen and oxygen atoms in total. The minimum Gasteiger partial charge on any atom is -0.379 e. The fraction of sp³-hybridized carbons (Fsp3) is 0.267. The smallest absolute Gasteiger partial charge is 0.339 e. The van der Waals surface area contributed by atoms with E-state index in [9.17, 15) is 37.7 Å². The fourth-order valence-corrected chi connectivity index (χ4v) is 7.39. The third kappa shape index (κ3) is 6.70. The van der Waals surface area contributed by atoms with Crippen LogP contribution in [0.25, 0.3) is 0 Å². The summed E-state index contributed by atoms with van der Waals surface area (Å²) in [5.41, 5.74) is 0.570. The number of aryl methyl sites for hydroxylation is 1. The summed E-state index contributed by atoms with van der Waals surface area (Å²) in [6.45, 7) is 1.09. The number of carbonyl (C=O) groups is 4. The van der Waals surface area contributed by atoms with E-state index in [4.69, 9.17) is 4.18 Å². The van der Waals surface area contributed by atoms with Gasteiger partial charge in [-0.2, -0.15) is 13.4 Å². The van der Waals surface area contributed by atoms with Gasteiger partial charge in [0.05, 0.1) is 16.8 Å². The van der Waals surface area contributed by atoms with Gasteiger partial charge in [-0.05, 0) is 68.3 Å². The van der Waals surface area contributed by atoms with E-state index in [1.165, 1.54) is 48.5 Å². The summed E-state index contributed by atoms with van der Waals surface area (Å²) in [5.74, 6) is -4.26. The first kappa shape index (κ1) is 32.4. The molecular weight excluding hydrogens is 738 g/mol. The average Bonchev–Trinajstić information content (AvgIpc) is 3.24. The number of Topliss-reactive ketones (excluding diaryl/α,β-unsaturated/α-hetero) is 1. The molecule has 3 amide bonds. The number of rotatable bonds is 9. The number of hydrogen-bond donors (Lipinski definition) is 0. The first-order valence-electron chi connectivity index (χ1n) is 13.6. The SMILES string of the molecule is Cc1ccc(S(=O)(=O)Oc2ccc(C(=O)CN(C(=O)c3ccc([N+](=O)[O-])cc3)N3C(=O)[C@@H]4C[C@@H](Br)[C@@H](Br)C[C@H]4C3=O)cc2)cc1. The van der Waals surface area contributed by atoms with Crippen molar-refractivity contribution in [3.05, 3.63) is 99.6 Å². The molecule has 0 unspecified atom stereocenters. The van der Waals surface area contributed by atoms with Gasteiger partial charge in [0.1, 0.15) is 17.2 Å². The minimum atomic E-state index is -4.14. The molecule has 0 bridgehead atoms. The third-order valence-corrected chi connectivity index (χ3v) is 11.7. The summed E-state index contributed by atoms with van der Waals surface area (Å²) in [5, 5.41) is 12.6. The lowest BCUT2D eigenvalue weighted by molar-refractivity contribution is -0.384. The Labute approximate surface area is 274 Å². The first-order chi connectivity index (χ1) is 21.3. The molecule has 5 rings (SSSR count). The van der Waals surface area contributed by atoms with Gasteiger partial charge < -0.3 is 4.18 Å². The molecule has 1 aliphatic heterocycles. The molecule has 2 aliphatic rings. The molecule has 1 aliphatic carbocycles. The van der Waals surface area contributed by atoms with Crippen LogP contribution in [0.1, 0.15) is 39.1 Å². The second kappa shape index (κ2) is 12.8. The summed E-state index contributed by atoms with van der Waals surface area (Å²) in [6.07, 6.45) is 0.671. The summed E-state index contributed by atoms with van der Waals surface area (Å²) < 4.78 is 30.5. The number of hydrogen-bond acceptors (Lipinski definition) is 9. The molecule has 3 aromatic carbocycles. The number of imide groups is 1. The van der Waals surface area contributed by atoms with Crippen LogP contribution in [0.3, 0.4) is 0 Å². The molecular formula is C30H25Br2N3O9S. The van der Waals surface area contributed by atoms with Gasteiger partial charge >= 0.3 is 10.1 Å². The standard InChI is InChI=1S/C30H25Br2N3O9S/c1-17-2-12-22(13-3-17)45(42,43)44-21-10-6-18(7-11-21)27(36)16-33(28(37)19-4-8-20(9-5-19)35(40)41)34-29(38)23-14-25(31)26(32)15-24(23)30(34)39/h2-13,23-26H,14-16H2,1H3/t23-,24-,25-,26+/m1/s1. The Hall–Kier alpha value is -3.95. The minimum absolute atomic E-state index is 0.0494. The van der Waals surface area contributed by atoms with Crippen LogP contribution in [-0.2, 0) is 19.7 Å². The van der Waals surface area contributed by atoms with Gasteiger partial charge in [0, 0.05) is 32.9 Å². The van der Waals surface area contributed by atoms with E-state index in [-0.39, 0.29) is 37.1 Å². The maximum absolute atomic E-state index is 13.7. The zero-order chi connectivity index (χ0) is 32.6. The van der Waals surface area contributed by atoms with Crippen LogP contribution in [0.2, 0.25) is 0 Å². The van der Waals surface area contributed by atoms with Crippen LogP contribution >= 0.6 is 31.9 Å². The number of alkyl halides is 2. The van der Waals surface area contributed by atoms with Crippen molar-refractivity contribution in [2.45, 2.75) is 34.3 Å². The van der Waals surface area contributed by atoms with Crippen LogP contribution < -0.4 is 4.18 Å². The number of fused-ring (bicyclic) bond motifs is 1. The van der Waals surface area contributed by atoms with Crippen LogP contribution in [0.4, 0.5) is 5.69 Å².